The number of aliphatic imine (C=N–C) groups is 1. The first-order valence-electron chi connectivity index (χ1n) is 10.4. The lowest BCUT2D eigenvalue weighted by molar-refractivity contribution is -0.181. The van der Waals surface area contributed by atoms with Crippen LogP contribution in [0.2, 0.25) is 0 Å². The molecule has 31 heavy (non-hydrogen) atoms. The zero-order valence-electron chi connectivity index (χ0n) is 18.0. The van der Waals surface area contributed by atoms with Crippen LogP contribution in [0.3, 0.4) is 0 Å². The number of nitrogens with one attached hydrogen (secondary N) is 1. The largest absolute Gasteiger partial charge is 0.387 e. The van der Waals surface area contributed by atoms with Crippen molar-refractivity contribution >= 4 is 35.3 Å². The smallest absolute Gasteiger partial charge is 0.273 e. The maximum Gasteiger partial charge on any atom is 0.273 e. The summed E-state index contributed by atoms with van der Waals surface area (Å²) in [6, 6.07) is 12.2. The molecular weight excluding hydrogens is 410 g/mol. The summed E-state index contributed by atoms with van der Waals surface area (Å²) in [5, 5.41) is 5.29. The lowest BCUT2D eigenvalue weighted by atomic mass is 10.1. The number of rotatable bonds is 10. The molecule has 1 aliphatic heterocycles. The molecule has 0 saturated carbocycles. The van der Waals surface area contributed by atoms with Crippen molar-refractivity contribution in [2.24, 2.45) is 10.7 Å². The summed E-state index contributed by atoms with van der Waals surface area (Å²) in [7, 11) is 1.84. The molecule has 164 valence electrons. The third-order valence-corrected chi connectivity index (χ3v) is 5.61. The van der Waals surface area contributed by atoms with Crippen molar-refractivity contribution < 1.29 is 9.63 Å². The van der Waals surface area contributed by atoms with Gasteiger partial charge in [0.2, 0.25) is 0 Å². The van der Waals surface area contributed by atoms with Gasteiger partial charge in [0.25, 0.3) is 5.91 Å². The van der Waals surface area contributed by atoms with Crippen LogP contribution in [0.4, 0.5) is 5.69 Å². The first kappa shape index (κ1) is 23.0. The number of thioether (sulfide) groups is 1. The van der Waals surface area contributed by atoms with Crippen LogP contribution in [0.5, 0.6) is 0 Å². The molecule has 0 unspecified atom stereocenters. The van der Waals surface area contributed by atoms with Crippen LogP contribution >= 0.6 is 11.8 Å². The number of aromatic nitrogens is 1. The number of hydrogen-bond acceptors (Lipinski definition) is 7. The first-order chi connectivity index (χ1) is 15.1. The highest BCUT2D eigenvalue weighted by atomic mass is 32.2. The predicted octanol–water partition coefficient (Wildman–Crippen LogP) is 3.54. The fourth-order valence-corrected chi connectivity index (χ4v) is 3.90. The van der Waals surface area contributed by atoms with Crippen LogP contribution in [-0.4, -0.2) is 48.5 Å². The number of benzene rings is 1. The van der Waals surface area contributed by atoms with E-state index in [1.54, 1.807) is 18.0 Å². The Morgan fingerprint density at radius 2 is 2.13 bits per heavy atom. The SMILES string of the molecule is CCCN(OCCNC)C(=O)C1=Cc2cnc(SCc3ccccc3)cc2N=C(N)C1. The Bertz CT molecular complexity index is 946. The van der Waals surface area contributed by atoms with E-state index in [1.165, 1.54) is 10.6 Å². The second-order valence-corrected chi connectivity index (χ2v) is 8.14. The van der Waals surface area contributed by atoms with Gasteiger partial charge in [-0.3, -0.25) is 9.63 Å². The molecule has 3 N–H and O–H groups in total. The number of nitrogens with two attached hydrogens (primary N) is 1. The molecule has 0 radical (unpaired) electrons. The van der Waals surface area contributed by atoms with Gasteiger partial charge in [-0.25, -0.2) is 15.0 Å². The van der Waals surface area contributed by atoms with Crippen LogP contribution in [0.1, 0.15) is 30.9 Å². The minimum atomic E-state index is -0.188. The van der Waals surface area contributed by atoms with Gasteiger partial charge in [0.1, 0.15) is 5.84 Å². The number of hydroxylamine groups is 2. The number of carbonyl (C=O) groups is 1. The summed E-state index contributed by atoms with van der Waals surface area (Å²) in [6.45, 7) is 3.59. The van der Waals surface area contributed by atoms with Crippen molar-refractivity contribution in [3.63, 3.8) is 0 Å². The Hall–Kier alpha value is -2.68. The van der Waals surface area contributed by atoms with Gasteiger partial charge in [0.15, 0.2) is 0 Å². The Morgan fingerprint density at radius 1 is 1.32 bits per heavy atom. The molecule has 0 fully saturated rings. The average molecular weight is 440 g/mol. The first-order valence-corrected chi connectivity index (χ1v) is 11.4. The molecule has 0 aliphatic carbocycles. The number of likely N-dealkylation sites (N-methyl/N-ethyl adjacent to an activating group) is 1. The van der Waals surface area contributed by atoms with Crippen LogP contribution < -0.4 is 11.1 Å². The van der Waals surface area contributed by atoms with E-state index < -0.39 is 0 Å². The molecule has 0 spiro atoms. The van der Waals surface area contributed by atoms with Crippen molar-refractivity contribution in [1.82, 2.24) is 15.4 Å². The summed E-state index contributed by atoms with van der Waals surface area (Å²) < 4.78 is 0. The minimum absolute atomic E-state index is 0.188. The molecular formula is C23H29N5O2S. The number of amides is 1. The van der Waals surface area contributed by atoms with Crippen LogP contribution in [0, 0.1) is 0 Å². The number of hydrogen-bond donors (Lipinski definition) is 2. The normalized spacial score (nSPS) is 13.1. The second-order valence-electron chi connectivity index (χ2n) is 7.15. The van der Waals surface area contributed by atoms with Gasteiger partial charge in [-0.05, 0) is 31.2 Å². The van der Waals surface area contributed by atoms with E-state index in [-0.39, 0.29) is 12.3 Å². The number of amidine groups is 1. The van der Waals surface area contributed by atoms with E-state index in [0.29, 0.717) is 31.1 Å². The summed E-state index contributed by atoms with van der Waals surface area (Å²) in [5.74, 6) is 1.03. The van der Waals surface area contributed by atoms with Gasteiger partial charge in [0.05, 0.1) is 17.3 Å². The van der Waals surface area contributed by atoms with Gasteiger partial charge in [-0.15, -0.1) is 11.8 Å². The van der Waals surface area contributed by atoms with Gasteiger partial charge >= 0.3 is 0 Å². The Balaban J connectivity index is 1.77. The highest BCUT2D eigenvalue weighted by molar-refractivity contribution is 7.98. The average Bonchev–Trinajstić information content (AvgIpc) is 2.95. The standard InChI is InChI=1S/C23H29N5O2S/c1-3-10-28(30-11-9-25-2)23(29)18-12-19-15-26-22(14-20(19)27-21(24)13-18)31-16-17-7-5-4-6-8-17/h4-8,12,14-15,25H,3,9-11,13,16H2,1-2H3,(H2,24,27). The molecule has 0 bridgehead atoms. The van der Waals surface area contributed by atoms with E-state index in [1.807, 2.05) is 44.3 Å². The molecule has 0 saturated heterocycles. The quantitative estimate of drug-likeness (QED) is 0.334. The molecule has 7 nitrogen and oxygen atoms in total. The molecule has 3 rings (SSSR count). The Kier molecular flexibility index (Phi) is 8.63. The summed E-state index contributed by atoms with van der Waals surface area (Å²) in [6.07, 6.45) is 4.64. The fourth-order valence-electron chi connectivity index (χ4n) is 3.07. The number of nitrogens with zero attached hydrogens (tertiary/aromatic N) is 3. The third-order valence-electron chi connectivity index (χ3n) is 4.61. The van der Waals surface area contributed by atoms with E-state index in [0.717, 1.165) is 28.5 Å². The fraction of sp³-hybridized carbons (Fsp3) is 0.348. The summed E-state index contributed by atoms with van der Waals surface area (Å²) >= 11 is 1.64. The van der Waals surface area contributed by atoms with Gasteiger partial charge < -0.3 is 11.1 Å². The number of fused-ring (bicyclic) bond motifs is 1. The van der Waals surface area contributed by atoms with Crippen LogP contribution in [-0.2, 0) is 15.4 Å². The third kappa shape index (κ3) is 6.65. The lowest BCUT2D eigenvalue weighted by Gasteiger charge is -2.22. The van der Waals surface area contributed by atoms with Crippen molar-refractivity contribution in [2.75, 3.05) is 26.7 Å². The van der Waals surface area contributed by atoms with Crippen LogP contribution in [0.25, 0.3) is 6.08 Å². The summed E-state index contributed by atoms with van der Waals surface area (Å²) in [5.41, 5.74) is 9.43. The molecule has 2 aromatic rings. The van der Waals surface area contributed by atoms with Crippen molar-refractivity contribution in [2.45, 2.75) is 30.5 Å². The van der Waals surface area contributed by atoms with E-state index in [2.05, 4.69) is 27.4 Å². The maximum atomic E-state index is 13.1. The van der Waals surface area contributed by atoms with Crippen molar-refractivity contribution in [3.05, 3.63) is 59.3 Å². The topological polar surface area (TPSA) is 92.8 Å². The van der Waals surface area contributed by atoms with E-state index in [9.17, 15) is 4.79 Å². The number of pyridine rings is 1. The van der Waals surface area contributed by atoms with Gasteiger partial charge in [0, 0.05) is 42.6 Å². The molecule has 0 atom stereocenters. The van der Waals surface area contributed by atoms with E-state index >= 15 is 0 Å². The predicted molar refractivity (Wildman–Crippen MR) is 126 cm³/mol. The second kappa shape index (κ2) is 11.6. The maximum absolute atomic E-state index is 13.1. The highest BCUT2D eigenvalue weighted by Crippen LogP contribution is 2.31. The molecule has 1 amide bonds. The van der Waals surface area contributed by atoms with Gasteiger partial charge in [-0.2, -0.15) is 0 Å². The van der Waals surface area contributed by atoms with Crippen LogP contribution in [0.15, 0.2) is 58.2 Å². The van der Waals surface area contributed by atoms with Crippen molar-refractivity contribution in [3.8, 4) is 0 Å². The molecule has 1 aliphatic rings. The molecule has 1 aromatic heterocycles. The minimum Gasteiger partial charge on any atom is -0.387 e. The molecule has 1 aromatic carbocycles. The molecule has 2 heterocycles. The zero-order valence-corrected chi connectivity index (χ0v) is 18.8. The summed E-state index contributed by atoms with van der Waals surface area (Å²) in [4.78, 5) is 27.9. The number of carbonyl (C=O) groups excluding carboxylic acids is 1. The van der Waals surface area contributed by atoms with E-state index in [4.69, 9.17) is 10.6 Å². The van der Waals surface area contributed by atoms with Crippen molar-refractivity contribution in [1.29, 1.82) is 0 Å². The van der Waals surface area contributed by atoms with Gasteiger partial charge in [-0.1, -0.05) is 37.3 Å². The Labute approximate surface area is 187 Å². The lowest BCUT2D eigenvalue weighted by Crippen LogP contribution is -2.35. The highest BCUT2D eigenvalue weighted by Gasteiger charge is 2.22. The Morgan fingerprint density at radius 3 is 2.87 bits per heavy atom. The zero-order chi connectivity index (χ0) is 22.1. The monoisotopic (exact) mass is 439 g/mol. The molecule has 8 heteroatoms.